The molecule has 0 aliphatic rings. The maximum absolute atomic E-state index is 9.91. The second-order valence-corrected chi connectivity index (χ2v) is 7.30. The van der Waals surface area contributed by atoms with E-state index in [4.69, 9.17) is 14.2 Å². The third-order valence-electron chi connectivity index (χ3n) is 5.07. The summed E-state index contributed by atoms with van der Waals surface area (Å²) in [6, 6.07) is 16.1. The Morgan fingerprint density at radius 2 is 0.968 bits per heavy atom. The Hall–Kier alpha value is -3.66. The van der Waals surface area contributed by atoms with Crippen LogP contribution < -0.4 is 14.2 Å². The average Bonchev–Trinajstić information content (AvgIpc) is 2.79. The molecule has 0 heterocycles. The molecule has 0 fully saturated rings. The Morgan fingerprint density at radius 1 is 0.581 bits per heavy atom. The van der Waals surface area contributed by atoms with Crippen molar-refractivity contribution >= 4 is 24.3 Å². The fourth-order valence-corrected chi connectivity index (χ4v) is 3.39. The second-order valence-electron chi connectivity index (χ2n) is 7.30. The summed E-state index contributed by atoms with van der Waals surface area (Å²) in [7, 11) is 4.81. The molecule has 3 aromatic rings. The van der Waals surface area contributed by atoms with Gasteiger partial charge in [0.2, 0.25) is 5.75 Å². The highest BCUT2D eigenvalue weighted by molar-refractivity contribution is 5.75. The zero-order chi connectivity index (χ0) is 22.4. The molecule has 0 spiro atoms. The molecule has 3 rings (SSSR count). The number of aryl methyl sites for hydroxylation is 2. The van der Waals surface area contributed by atoms with Gasteiger partial charge in [-0.1, -0.05) is 48.6 Å². The van der Waals surface area contributed by atoms with Gasteiger partial charge in [0.15, 0.2) is 11.5 Å². The van der Waals surface area contributed by atoms with E-state index in [0.717, 1.165) is 33.4 Å². The zero-order valence-corrected chi connectivity index (χ0v) is 18.6. The van der Waals surface area contributed by atoms with Crippen molar-refractivity contribution in [3.63, 3.8) is 0 Å². The summed E-state index contributed by atoms with van der Waals surface area (Å²) in [5.74, 6) is 2.20. The van der Waals surface area contributed by atoms with Gasteiger partial charge < -0.3 is 19.3 Å². The van der Waals surface area contributed by atoms with Crippen molar-refractivity contribution in [2.75, 3.05) is 21.3 Å². The largest absolute Gasteiger partial charge is 0.507 e. The van der Waals surface area contributed by atoms with Crippen LogP contribution in [0.25, 0.3) is 24.3 Å². The van der Waals surface area contributed by atoms with E-state index in [1.54, 1.807) is 21.3 Å². The number of ether oxygens (including phenoxy) is 3. The molecule has 0 aliphatic heterocycles. The monoisotopic (exact) mass is 416 g/mol. The Kier molecular flexibility index (Phi) is 7.03. The SMILES string of the molecule is COc1cc(/C=C/c2ccc(/C=C/c3cc(C)c(O)c(C)c3)cc2)cc(OC)c1OC. The summed E-state index contributed by atoms with van der Waals surface area (Å²) in [6.45, 7) is 3.82. The van der Waals surface area contributed by atoms with Crippen LogP contribution in [0.1, 0.15) is 33.4 Å². The predicted molar refractivity (Wildman–Crippen MR) is 128 cm³/mol. The molecule has 0 saturated heterocycles. The molecule has 160 valence electrons. The van der Waals surface area contributed by atoms with Crippen LogP contribution in [-0.2, 0) is 0 Å². The molecule has 0 radical (unpaired) electrons. The Bertz CT molecular complexity index is 1060. The molecule has 0 amide bonds. The summed E-state index contributed by atoms with van der Waals surface area (Å²) in [6.07, 6.45) is 8.18. The van der Waals surface area contributed by atoms with Crippen LogP contribution in [0.3, 0.4) is 0 Å². The van der Waals surface area contributed by atoms with E-state index in [0.29, 0.717) is 23.0 Å². The smallest absolute Gasteiger partial charge is 0.203 e. The molecular weight excluding hydrogens is 388 g/mol. The maximum atomic E-state index is 9.91. The van der Waals surface area contributed by atoms with Gasteiger partial charge in [-0.2, -0.15) is 0 Å². The molecule has 0 aliphatic carbocycles. The molecular formula is C27H28O4. The van der Waals surface area contributed by atoms with Crippen LogP contribution in [0.15, 0.2) is 48.5 Å². The molecule has 0 aromatic heterocycles. The minimum absolute atomic E-state index is 0.361. The van der Waals surface area contributed by atoms with Gasteiger partial charge in [0, 0.05) is 0 Å². The van der Waals surface area contributed by atoms with Crippen LogP contribution in [0.4, 0.5) is 0 Å². The minimum atomic E-state index is 0.361. The van der Waals surface area contributed by atoms with Crippen molar-refractivity contribution in [3.05, 3.63) is 81.9 Å². The summed E-state index contributed by atoms with van der Waals surface area (Å²) in [5.41, 5.74) is 5.98. The van der Waals surface area contributed by atoms with E-state index in [-0.39, 0.29) is 0 Å². The number of hydrogen-bond donors (Lipinski definition) is 1. The summed E-state index contributed by atoms with van der Waals surface area (Å²) >= 11 is 0. The van der Waals surface area contributed by atoms with Crippen LogP contribution in [0, 0.1) is 13.8 Å². The van der Waals surface area contributed by atoms with Gasteiger partial charge in [-0.25, -0.2) is 0 Å². The number of phenolic OH excluding ortho intramolecular Hbond substituents is 1. The highest BCUT2D eigenvalue weighted by atomic mass is 16.5. The van der Waals surface area contributed by atoms with E-state index < -0.39 is 0 Å². The molecule has 3 aromatic carbocycles. The van der Waals surface area contributed by atoms with E-state index in [1.807, 2.05) is 50.3 Å². The van der Waals surface area contributed by atoms with Crippen molar-refractivity contribution in [2.24, 2.45) is 0 Å². The number of hydrogen-bond acceptors (Lipinski definition) is 4. The topological polar surface area (TPSA) is 47.9 Å². The Balaban J connectivity index is 1.76. The minimum Gasteiger partial charge on any atom is -0.507 e. The number of methoxy groups -OCH3 is 3. The van der Waals surface area contributed by atoms with Gasteiger partial charge >= 0.3 is 0 Å². The van der Waals surface area contributed by atoms with Crippen molar-refractivity contribution in [1.82, 2.24) is 0 Å². The van der Waals surface area contributed by atoms with Gasteiger partial charge in [0.1, 0.15) is 5.75 Å². The van der Waals surface area contributed by atoms with E-state index in [9.17, 15) is 5.11 Å². The van der Waals surface area contributed by atoms with Crippen molar-refractivity contribution in [1.29, 1.82) is 0 Å². The van der Waals surface area contributed by atoms with Crippen LogP contribution >= 0.6 is 0 Å². The normalized spacial score (nSPS) is 11.3. The van der Waals surface area contributed by atoms with Gasteiger partial charge in [0.05, 0.1) is 21.3 Å². The molecule has 1 N–H and O–H groups in total. The predicted octanol–water partition coefficient (Wildman–Crippen LogP) is 6.38. The van der Waals surface area contributed by atoms with Gasteiger partial charge in [-0.15, -0.1) is 0 Å². The van der Waals surface area contributed by atoms with Crippen LogP contribution in [-0.4, -0.2) is 26.4 Å². The van der Waals surface area contributed by atoms with E-state index in [2.05, 4.69) is 36.4 Å². The Morgan fingerprint density at radius 3 is 1.35 bits per heavy atom. The van der Waals surface area contributed by atoms with Crippen molar-refractivity contribution in [3.8, 4) is 23.0 Å². The van der Waals surface area contributed by atoms with Crippen LogP contribution in [0.5, 0.6) is 23.0 Å². The van der Waals surface area contributed by atoms with Crippen molar-refractivity contribution in [2.45, 2.75) is 13.8 Å². The molecule has 0 atom stereocenters. The molecule has 0 saturated carbocycles. The first-order valence-corrected chi connectivity index (χ1v) is 10.0. The molecule has 0 unspecified atom stereocenters. The zero-order valence-electron chi connectivity index (χ0n) is 18.6. The fraction of sp³-hybridized carbons (Fsp3) is 0.185. The first-order valence-electron chi connectivity index (χ1n) is 10.0. The highest BCUT2D eigenvalue weighted by Gasteiger charge is 2.11. The standard InChI is InChI=1S/C27H28O4/c1-18-14-22(15-19(2)26(18)28)12-10-20-6-8-21(9-7-20)11-13-23-16-24(29-3)27(31-5)25(17-23)30-4/h6-17,28H,1-5H3/b12-10+,13-11+. The number of rotatable bonds is 7. The summed E-state index contributed by atoms with van der Waals surface area (Å²) in [4.78, 5) is 0. The van der Waals surface area contributed by atoms with Gasteiger partial charge in [-0.3, -0.25) is 0 Å². The lowest BCUT2D eigenvalue weighted by atomic mass is 10.0. The molecule has 31 heavy (non-hydrogen) atoms. The molecule has 4 nitrogen and oxygen atoms in total. The lowest BCUT2D eigenvalue weighted by Crippen LogP contribution is -1.95. The number of phenols is 1. The van der Waals surface area contributed by atoms with E-state index >= 15 is 0 Å². The third-order valence-corrected chi connectivity index (χ3v) is 5.07. The van der Waals surface area contributed by atoms with E-state index in [1.165, 1.54) is 0 Å². The van der Waals surface area contributed by atoms with Crippen LogP contribution in [0.2, 0.25) is 0 Å². The number of benzene rings is 3. The van der Waals surface area contributed by atoms with Gasteiger partial charge in [-0.05, 0) is 71.5 Å². The lowest BCUT2D eigenvalue weighted by molar-refractivity contribution is 0.324. The average molecular weight is 417 g/mol. The quantitative estimate of drug-likeness (QED) is 0.454. The lowest BCUT2D eigenvalue weighted by Gasteiger charge is -2.12. The molecule has 0 bridgehead atoms. The number of aromatic hydroxyl groups is 1. The highest BCUT2D eigenvalue weighted by Crippen LogP contribution is 2.38. The third kappa shape index (κ3) is 5.28. The molecule has 4 heteroatoms. The maximum Gasteiger partial charge on any atom is 0.203 e. The fourth-order valence-electron chi connectivity index (χ4n) is 3.39. The van der Waals surface area contributed by atoms with Gasteiger partial charge in [0.25, 0.3) is 0 Å². The first-order chi connectivity index (χ1) is 14.9. The first kappa shape index (κ1) is 22.0. The van der Waals surface area contributed by atoms with Crippen molar-refractivity contribution < 1.29 is 19.3 Å². The second kappa shape index (κ2) is 9.90. The summed E-state index contributed by atoms with van der Waals surface area (Å²) < 4.78 is 16.2. The summed E-state index contributed by atoms with van der Waals surface area (Å²) in [5, 5.41) is 9.91. The Labute approximate surface area is 184 Å².